The Balaban J connectivity index is 1.57. The fraction of sp³-hybridized carbons (Fsp3) is 0.409. The molecule has 144 valence electrons. The quantitative estimate of drug-likeness (QED) is 0.806. The maximum Gasteiger partial charge on any atom is 0.315 e. The maximum absolute atomic E-state index is 14.0. The molecule has 1 aliphatic carbocycles. The first-order valence-electron chi connectivity index (χ1n) is 9.54. The lowest BCUT2D eigenvalue weighted by molar-refractivity contribution is 0.229. The van der Waals surface area contributed by atoms with Gasteiger partial charge in [-0.2, -0.15) is 0 Å². The number of urea groups is 1. The molecule has 2 N–H and O–H groups in total. The summed E-state index contributed by atoms with van der Waals surface area (Å²) in [5, 5.41) is 6.17. The molecular weight excluding hydrogens is 341 g/mol. The minimum Gasteiger partial charge on any atom is -0.335 e. The number of hydrogen-bond acceptors (Lipinski definition) is 2. The summed E-state index contributed by atoms with van der Waals surface area (Å²) in [6.45, 7) is 0.722. The number of amides is 2. The summed E-state index contributed by atoms with van der Waals surface area (Å²) in [4.78, 5) is 14.6. The van der Waals surface area contributed by atoms with E-state index in [1.807, 2.05) is 56.6 Å². The molecule has 0 spiro atoms. The second-order valence-electron chi connectivity index (χ2n) is 7.57. The highest BCUT2D eigenvalue weighted by Gasteiger charge is 2.29. The van der Waals surface area contributed by atoms with Crippen LogP contribution in [0.3, 0.4) is 0 Å². The molecule has 0 heterocycles. The van der Waals surface area contributed by atoms with E-state index in [-0.39, 0.29) is 29.8 Å². The number of hydrogen-bond donors (Lipinski definition) is 2. The zero-order valence-corrected chi connectivity index (χ0v) is 16.0. The summed E-state index contributed by atoms with van der Waals surface area (Å²) in [6.07, 6.45) is 2.54. The van der Waals surface area contributed by atoms with E-state index in [1.54, 1.807) is 6.07 Å². The molecule has 1 saturated carbocycles. The smallest absolute Gasteiger partial charge is 0.315 e. The van der Waals surface area contributed by atoms with E-state index in [2.05, 4.69) is 15.5 Å². The number of nitrogens with zero attached hydrogens (tertiary/aromatic N) is 1. The predicted octanol–water partition coefficient (Wildman–Crippen LogP) is 4.06. The third kappa shape index (κ3) is 5.30. The number of carbonyl (C=O) groups is 1. The highest BCUT2D eigenvalue weighted by molar-refractivity contribution is 5.75. The van der Waals surface area contributed by atoms with E-state index in [4.69, 9.17) is 0 Å². The molecule has 1 aliphatic rings. The van der Waals surface area contributed by atoms with E-state index in [0.717, 1.165) is 36.9 Å². The minimum absolute atomic E-state index is 0.0744. The van der Waals surface area contributed by atoms with Crippen LogP contribution in [0.1, 0.15) is 42.3 Å². The van der Waals surface area contributed by atoms with Gasteiger partial charge >= 0.3 is 6.03 Å². The van der Waals surface area contributed by atoms with Crippen LogP contribution < -0.4 is 10.6 Å². The Bertz CT molecular complexity index is 750. The van der Waals surface area contributed by atoms with Crippen molar-refractivity contribution in [2.75, 3.05) is 20.6 Å². The standard InChI is InChI=1S/C22H28FN3O/c1-26(2)15-21(16-8-4-3-5-9-16)25-22(27)24-18-13-12-17(14-18)19-10-6-7-11-20(19)23/h3-11,17-18,21H,12-15H2,1-2H3,(H2,24,25,27). The van der Waals surface area contributed by atoms with Crippen molar-refractivity contribution >= 4 is 6.03 Å². The Labute approximate surface area is 160 Å². The highest BCUT2D eigenvalue weighted by Crippen LogP contribution is 2.35. The maximum atomic E-state index is 14.0. The normalized spacial score (nSPS) is 20.4. The molecule has 0 aromatic heterocycles. The van der Waals surface area contributed by atoms with Crippen LogP contribution in [0.5, 0.6) is 0 Å². The summed E-state index contributed by atoms with van der Waals surface area (Å²) in [6, 6.07) is 16.8. The molecule has 0 bridgehead atoms. The molecule has 3 unspecified atom stereocenters. The lowest BCUT2D eigenvalue weighted by atomic mass is 9.97. The first kappa shape index (κ1) is 19.4. The van der Waals surface area contributed by atoms with Gasteiger partial charge in [-0.05, 0) is 56.5 Å². The van der Waals surface area contributed by atoms with Gasteiger partial charge in [-0.3, -0.25) is 0 Å². The van der Waals surface area contributed by atoms with Crippen LogP contribution in [-0.2, 0) is 0 Å². The Morgan fingerprint density at radius 3 is 2.52 bits per heavy atom. The van der Waals surface area contributed by atoms with Crippen molar-refractivity contribution in [1.82, 2.24) is 15.5 Å². The Morgan fingerprint density at radius 1 is 1.11 bits per heavy atom. The second kappa shape index (κ2) is 9.00. The zero-order chi connectivity index (χ0) is 19.2. The van der Waals surface area contributed by atoms with Gasteiger partial charge in [0.1, 0.15) is 5.82 Å². The molecule has 3 rings (SSSR count). The minimum atomic E-state index is -0.162. The van der Waals surface area contributed by atoms with Crippen molar-refractivity contribution < 1.29 is 9.18 Å². The summed E-state index contributed by atoms with van der Waals surface area (Å²) >= 11 is 0. The summed E-state index contributed by atoms with van der Waals surface area (Å²) < 4.78 is 14.0. The second-order valence-corrected chi connectivity index (χ2v) is 7.57. The number of nitrogens with one attached hydrogen (secondary N) is 2. The third-order valence-electron chi connectivity index (χ3n) is 5.17. The largest absolute Gasteiger partial charge is 0.335 e. The van der Waals surface area contributed by atoms with E-state index >= 15 is 0 Å². The molecule has 0 saturated heterocycles. The van der Waals surface area contributed by atoms with Crippen LogP contribution in [0.4, 0.5) is 9.18 Å². The van der Waals surface area contributed by atoms with Crippen LogP contribution in [0.2, 0.25) is 0 Å². The SMILES string of the molecule is CN(C)CC(NC(=O)NC1CCC(c2ccccc2F)C1)c1ccccc1. The van der Waals surface area contributed by atoms with Gasteiger partial charge in [-0.25, -0.2) is 9.18 Å². The lowest BCUT2D eigenvalue weighted by Crippen LogP contribution is -2.44. The van der Waals surface area contributed by atoms with Crippen molar-refractivity contribution in [2.45, 2.75) is 37.3 Å². The van der Waals surface area contributed by atoms with Gasteiger partial charge in [0, 0.05) is 12.6 Å². The summed E-state index contributed by atoms with van der Waals surface area (Å²) in [5.74, 6) is 0.0194. The average molecular weight is 369 g/mol. The van der Waals surface area contributed by atoms with Crippen LogP contribution in [0.25, 0.3) is 0 Å². The fourth-order valence-electron chi connectivity index (χ4n) is 3.87. The Morgan fingerprint density at radius 2 is 1.81 bits per heavy atom. The van der Waals surface area contributed by atoms with E-state index < -0.39 is 0 Å². The zero-order valence-electron chi connectivity index (χ0n) is 16.0. The summed E-state index contributed by atoms with van der Waals surface area (Å²) in [7, 11) is 3.98. The van der Waals surface area contributed by atoms with Crippen LogP contribution in [0, 0.1) is 5.82 Å². The molecule has 4 nitrogen and oxygen atoms in total. The van der Waals surface area contributed by atoms with Gasteiger partial charge in [0.25, 0.3) is 0 Å². The van der Waals surface area contributed by atoms with E-state index in [9.17, 15) is 9.18 Å². The molecule has 0 radical (unpaired) electrons. The molecule has 27 heavy (non-hydrogen) atoms. The van der Waals surface area contributed by atoms with Gasteiger partial charge < -0.3 is 15.5 Å². The van der Waals surface area contributed by atoms with Crippen LogP contribution in [-0.4, -0.2) is 37.6 Å². The van der Waals surface area contributed by atoms with Crippen molar-refractivity contribution in [2.24, 2.45) is 0 Å². The van der Waals surface area contributed by atoms with E-state index in [1.165, 1.54) is 6.07 Å². The number of benzene rings is 2. The van der Waals surface area contributed by atoms with Gasteiger partial charge in [-0.15, -0.1) is 0 Å². The average Bonchev–Trinajstić information content (AvgIpc) is 3.10. The number of likely N-dealkylation sites (N-methyl/N-ethyl adjacent to an activating group) is 1. The van der Waals surface area contributed by atoms with Crippen molar-refractivity contribution in [1.29, 1.82) is 0 Å². The Kier molecular flexibility index (Phi) is 6.45. The first-order chi connectivity index (χ1) is 13.0. The highest BCUT2D eigenvalue weighted by atomic mass is 19.1. The van der Waals surface area contributed by atoms with Crippen molar-refractivity contribution in [3.8, 4) is 0 Å². The van der Waals surface area contributed by atoms with Gasteiger partial charge in [0.05, 0.1) is 6.04 Å². The number of carbonyl (C=O) groups excluding carboxylic acids is 1. The Hall–Kier alpha value is -2.40. The third-order valence-corrected chi connectivity index (χ3v) is 5.17. The number of halogens is 1. The van der Waals surface area contributed by atoms with Crippen molar-refractivity contribution in [3.05, 3.63) is 71.5 Å². The molecule has 0 aliphatic heterocycles. The first-order valence-corrected chi connectivity index (χ1v) is 9.54. The fourth-order valence-corrected chi connectivity index (χ4v) is 3.87. The molecule has 2 amide bonds. The lowest BCUT2D eigenvalue weighted by Gasteiger charge is -2.24. The van der Waals surface area contributed by atoms with Crippen molar-refractivity contribution in [3.63, 3.8) is 0 Å². The molecule has 1 fully saturated rings. The van der Waals surface area contributed by atoms with E-state index in [0.29, 0.717) is 0 Å². The molecule has 3 atom stereocenters. The predicted molar refractivity (Wildman–Crippen MR) is 106 cm³/mol. The molecule has 2 aromatic carbocycles. The van der Waals surface area contributed by atoms with Crippen LogP contribution in [0.15, 0.2) is 54.6 Å². The monoisotopic (exact) mass is 369 g/mol. The topological polar surface area (TPSA) is 44.4 Å². The molecular formula is C22H28FN3O. The summed E-state index contributed by atoms with van der Waals surface area (Å²) in [5.41, 5.74) is 1.84. The number of rotatable bonds is 6. The molecule has 5 heteroatoms. The van der Waals surface area contributed by atoms with Gasteiger partial charge in [-0.1, -0.05) is 48.5 Å². The molecule has 2 aromatic rings. The van der Waals surface area contributed by atoms with Gasteiger partial charge in [0.15, 0.2) is 0 Å². The van der Waals surface area contributed by atoms with Gasteiger partial charge in [0.2, 0.25) is 0 Å². The van der Waals surface area contributed by atoms with Crippen LogP contribution >= 0.6 is 0 Å².